The third-order valence-electron chi connectivity index (χ3n) is 4.11. The van der Waals surface area contributed by atoms with Crippen molar-refractivity contribution in [3.05, 3.63) is 41.9 Å². The molecule has 1 fully saturated rings. The summed E-state index contributed by atoms with van der Waals surface area (Å²) in [6.45, 7) is 3.38. The van der Waals surface area contributed by atoms with Crippen molar-refractivity contribution in [3.63, 3.8) is 0 Å². The molecule has 25 heavy (non-hydrogen) atoms. The number of aromatic nitrogens is 5. The molecule has 1 amide bonds. The van der Waals surface area contributed by atoms with Gasteiger partial charge in [0.25, 0.3) is 0 Å². The Morgan fingerprint density at radius 1 is 1.32 bits per heavy atom. The predicted molar refractivity (Wildman–Crippen MR) is 95.0 cm³/mol. The number of rotatable bonds is 4. The number of nitrogens with one attached hydrogen (secondary N) is 1. The molecule has 0 aliphatic carbocycles. The lowest BCUT2D eigenvalue weighted by Crippen LogP contribution is -2.27. The van der Waals surface area contributed by atoms with Crippen LogP contribution in [0.4, 0.5) is 10.9 Å². The van der Waals surface area contributed by atoms with Crippen LogP contribution in [0.2, 0.25) is 0 Å². The minimum absolute atomic E-state index is 0.0122. The van der Waals surface area contributed by atoms with Crippen LogP contribution in [0.5, 0.6) is 0 Å². The first-order valence-corrected chi connectivity index (χ1v) is 8.81. The first-order valence-electron chi connectivity index (χ1n) is 7.99. The van der Waals surface area contributed by atoms with E-state index in [2.05, 4.69) is 30.3 Å². The van der Waals surface area contributed by atoms with Crippen molar-refractivity contribution in [2.45, 2.75) is 13.3 Å². The van der Waals surface area contributed by atoms with Gasteiger partial charge in [-0.25, -0.2) is 19.6 Å². The zero-order valence-corrected chi connectivity index (χ0v) is 14.5. The van der Waals surface area contributed by atoms with Crippen LogP contribution in [0, 0.1) is 12.8 Å². The largest absolute Gasteiger partial charge is 0.356 e. The first-order chi connectivity index (χ1) is 12.2. The quantitative estimate of drug-likeness (QED) is 0.769. The Kier molecular flexibility index (Phi) is 4.14. The summed E-state index contributed by atoms with van der Waals surface area (Å²) >= 11 is 1.49. The number of nitrogens with zero attached hydrogens (tertiary/aromatic N) is 6. The van der Waals surface area contributed by atoms with Crippen molar-refractivity contribution in [1.29, 1.82) is 0 Å². The fraction of sp³-hybridized carbons (Fsp3) is 0.312. The topological polar surface area (TPSA) is 88.8 Å². The molecule has 8 nitrogen and oxygen atoms in total. The van der Waals surface area contributed by atoms with Crippen LogP contribution < -0.4 is 10.2 Å². The lowest BCUT2D eigenvalue weighted by atomic mass is 10.1. The van der Waals surface area contributed by atoms with Gasteiger partial charge in [-0.3, -0.25) is 4.79 Å². The number of carbonyl (C=O) groups is 1. The lowest BCUT2D eigenvalue weighted by molar-refractivity contribution is -0.119. The second kappa shape index (κ2) is 6.60. The normalized spacial score (nSPS) is 17.0. The maximum atomic E-state index is 12.4. The van der Waals surface area contributed by atoms with E-state index in [1.807, 2.05) is 25.3 Å². The molecule has 1 atom stereocenters. The molecule has 9 heteroatoms. The molecule has 128 valence electrons. The van der Waals surface area contributed by atoms with E-state index in [1.54, 1.807) is 17.1 Å². The van der Waals surface area contributed by atoms with E-state index in [1.165, 1.54) is 17.7 Å². The van der Waals surface area contributed by atoms with Gasteiger partial charge in [0.2, 0.25) is 5.91 Å². The van der Waals surface area contributed by atoms with Crippen molar-refractivity contribution in [1.82, 2.24) is 24.7 Å². The Hall–Kier alpha value is -2.81. The third-order valence-corrected chi connectivity index (χ3v) is 4.94. The molecule has 1 saturated heterocycles. The van der Waals surface area contributed by atoms with Crippen molar-refractivity contribution >= 4 is 28.2 Å². The van der Waals surface area contributed by atoms with Crippen molar-refractivity contribution < 1.29 is 4.79 Å². The molecule has 3 aromatic heterocycles. The molecule has 4 rings (SSSR count). The number of aryl methyl sites for hydroxylation is 1. The molecule has 1 unspecified atom stereocenters. The van der Waals surface area contributed by atoms with Crippen LogP contribution in [-0.4, -0.2) is 43.7 Å². The summed E-state index contributed by atoms with van der Waals surface area (Å²) in [7, 11) is 0. The van der Waals surface area contributed by atoms with Gasteiger partial charge in [-0.1, -0.05) is 0 Å². The highest BCUT2D eigenvalue weighted by atomic mass is 32.1. The molecule has 4 heterocycles. The second-order valence-corrected chi connectivity index (χ2v) is 7.12. The summed E-state index contributed by atoms with van der Waals surface area (Å²) in [6, 6.07) is 3.73. The van der Waals surface area contributed by atoms with Gasteiger partial charge in [-0.15, -0.1) is 11.3 Å². The summed E-state index contributed by atoms with van der Waals surface area (Å²) in [5.74, 6) is 1.45. The van der Waals surface area contributed by atoms with Gasteiger partial charge in [0.1, 0.15) is 12.1 Å². The Morgan fingerprint density at radius 2 is 2.20 bits per heavy atom. The number of thiazole rings is 1. The zero-order valence-electron chi connectivity index (χ0n) is 13.7. The molecular formula is C16H17N7OS. The Morgan fingerprint density at radius 3 is 2.96 bits per heavy atom. The Labute approximate surface area is 148 Å². The molecule has 0 radical (unpaired) electrons. The predicted octanol–water partition coefficient (Wildman–Crippen LogP) is 1.89. The highest BCUT2D eigenvalue weighted by molar-refractivity contribution is 7.15. The fourth-order valence-corrected chi connectivity index (χ4v) is 3.51. The van der Waals surface area contributed by atoms with Gasteiger partial charge in [0.15, 0.2) is 10.9 Å². The van der Waals surface area contributed by atoms with Crippen molar-refractivity contribution in [2.75, 3.05) is 23.3 Å². The number of anilines is 2. The van der Waals surface area contributed by atoms with Gasteiger partial charge < -0.3 is 10.2 Å². The summed E-state index contributed by atoms with van der Waals surface area (Å²) in [5.41, 5.74) is 0. The molecule has 1 N–H and O–H groups in total. The fourth-order valence-electron chi connectivity index (χ4n) is 2.84. The molecule has 0 aromatic carbocycles. The van der Waals surface area contributed by atoms with Crippen LogP contribution in [0.25, 0.3) is 5.82 Å². The number of carbonyl (C=O) groups excluding carboxylic acids is 1. The van der Waals surface area contributed by atoms with Crippen LogP contribution in [-0.2, 0) is 4.79 Å². The van der Waals surface area contributed by atoms with E-state index in [9.17, 15) is 4.79 Å². The number of amides is 1. The first kappa shape index (κ1) is 15.7. The van der Waals surface area contributed by atoms with Gasteiger partial charge in [-0.2, -0.15) is 5.10 Å². The van der Waals surface area contributed by atoms with Crippen molar-refractivity contribution in [3.8, 4) is 5.82 Å². The van der Waals surface area contributed by atoms with E-state index >= 15 is 0 Å². The minimum Gasteiger partial charge on any atom is -0.356 e. The maximum Gasteiger partial charge on any atom is 0.231 e. The van der Waals surface area contributed by atoms with Crippen LogP contribution in [0.1, 0.15) is 11.3 Å². The molecular weight excluding hydrogens is 338 g/mol. The van der Waals surface area contributed by atoms with E-state index in [4.69, 9.17) is 0 Å². The van der Waals surface area contributed by atoms with Crippen LogP contribution >= 0.6 is 11.3 Å². The highest BCUT2D eigenvalue weighted by Crippen LogP contribution is 2.25. The van der Waals surface area contributed by atoms with Gasteiger partial charge in [-0.05, 0) is 19.4 Å². The molecule has 0 bridgehead atoms. The van der Waals surface area contributed by atoms with E-state index in [0.717, 1.165) is 23.7 Å². The highest BCUT2D eigenvalue weighted by Gasteiger charge is 2.29. The third kappa shape index (κ3) is 3.36. The maximum absolute atomic E-state index is 12.4. The summed E-state index contributed by atoms with van der Waals surface area (Å²) in [5, 5.41) is 7.75. The average molecular weight is 355 g/mol. The van der Waals surface area contributed by atoms with Crippen LogP contribution in [0.15, 0.2) is 37.1 Å². The Balaban J connectivity index is 1.44. The summed E-state index contributed by atoms with van der Waals surface area (Å²) < 4.78 is 1.69. The summed E-state index contributed by atoms with van der Waals surface area (Å²) in [6.07, 6.45) is 7.62. The molecule has 0 spiro atoms. The molecule has 1 aliphatic heterocycles. The zero-order chi connectivity index (χ0) is 17.2. The summed E-state index contributed by atoms with van der Waals surface area (Å²) in [4.78, 5) is 28.4. The second-order valence-electron chi connectivity index (χ2n) is 5.88. The smallest absolute Gasteiger partial charge is 0.231 e. The van der Waals surface area contributed by atoms with E-state index in [0.29, 0.717) is 17.5 Å². The number of hydrogen-bond donors (Lipinski definition) is 1. The van der Waals surface area contributed by atoms with Gasteiger partial charge >= 0.3 is 0 Å². The minimum atomic E-state index is -0.0766. The SMILES string of the molecule is Cc1cnc(NC(=O)C2CCN(c3cc(-n4cccn4)ncn3)C2)s1. The average Bonchev–Trinajstić information content (AvgIpc) is 3.37. The van der Waals surface area contributed by atoms with Gasteiger partial charge in [0.05, 0.1) is 5.92 Å². The number of hydrogen-bond acceptors (Lipinski definition) is 7. The van der Waals surface area contributed by atoms with E-state index < -0.39 is 0 Å². The van der Waals surface area contributed by atoms with E-state index in [-0.39, 0.29) is 11.8 Å². The molecule has 3 aromatic rings. The lowest BCUT2D eigenvalue weighted by Gasteiger charge is -2.17. The van der Waals surface area contributed by atoms with Gasteiger partial charge in [0, 0.05) is 42.6 Å². The van der Waals surface area contributed by atoms with Crippen molar-refractivity contribution in [2.24, 2.45) is 5.92 Å². The standard InChI is InChI=1S/C16H17N7OS/c1-11-8-17-16(25-11)21-15(24)12-3-6-22(9-12)13-7-14(19-10-18-13)23-5-2-4-20-23/h2,4-5,7-8,10,12H,3,6,9H2,1H3,(H,17,21,24). The molecule has 0 saturated carbocycles. The molecule has 1 aliphatic rings. The monoisotopic (exact) mass is 355 g/mol. The Bertz CT molecular complexity index is 876. The van der Waals surface area contributed by atoms with Crippen LogP contribution in [0.3, 0.4) is 0 Å².